The molecule has 0 aromatic heterocycles. The van der Waals surface area contributed by atoms with Crippen LogP contribution >= 0.6 is 0 Å². The summed E-state index contributed by atoms with van der Waals surface area (Å²) in [6.45, 7) is 0.366. The van der Waals surface area contributed by atoms with Gasteiger partial charge in [0.15, 0.2) is 11.9 Å². The molecule has 1 heterocycles. The number of carbonyl (C=O) groups is 2. The van der Waals surface area contributed by atoms with Crippen molar-refractivity contribution in [1.82, 2.24) is 0 Å². The number of benzene rings is 2. The van der Waals surface area contributed by atoms with Crippen LogP contribution in [0, 0.1) is 5.82 Å². The molecule has 1 aliphatic rings. The Kier molecular flexibility index (Phi) is 3.87. The molecule has 5 heteroatoms. The van der Waals surface area contributed by atoms with E-state index in [1.807, 2.05) is 0 Å². The zero-order chi connectivity index (χ0) is 15.5. The van der Waals surface area contributed by atoms with Crippen LogP contribution in [0.4, 0.5) is 4.39 Å². The topological polar surface area (TPSA) is 52.6 Å². The van der Waals surface area contributed by atoms with Gasteiger partial charge in [-0.2, -0.15) is 0 Å². The lowest BCUT2D eigenvalue weighted by Gasteiger charge is -2.10. The summed E-state index contributed by atoms with van der Waals surface area (Å²) in [6, 6.07) is 11.9. The molecule has 4 nitrogen and oxygen atoms in total. The van der Waals surface area contributed by atoms with E-state index in [9.17, 15) is 14.0 Å². The van der Waals surface area contributed by atoms with Gasteiger partial charge < -0.3 is 9.47 Å². The van der Waals surface area contributed by atoms with Crippen LogP contribution in [-0.4, -0.2) is 24.5 Å². The maximum absolute atomic E-state index is 12.9. The van der Waals surface area contributed by atoms with Gasteiger partial charge in [0, 0.05) is 17.5 Å². The highest BCUT2D eigenvalue weighted by Gasteiger charge is 2.28. The number of rotatable bonds is 4. The molecule has 1 aliphatic heterocycles. The Bertz CT molecular complexity index is 692. The Morgan fingerprint density at radius 1 is 1.05 bits per heavy atom. The van der Waals surface area contributed by atoms with E-state index in [0.717, 1.165) is 0 Å². The van der Waals surface area contributed by atoms with E-state index in [4.69, 9.17) is 9.47 Å². The summed E-state index contributed by atoms with van der Waals surface area (Å²) >= 11 is 0. The molecule has 0 bridgehead atoms. The predicted octanol–water partition coefficient (Wildman–Crippen LogP) is 2.75. The zero-order valence-corrected chi connectivity index (χ0v) is 11.6. The fourth-order valence-corrected chi connectivity index (χ4v) is 2.20. The minimum Gasteiger partial charge on any atom is -0.479 e. The average Bonchev–Trinajstić information content (AvgIpc) is 2.93. The Hall–Kier alpha value is -2.69. The number of ether oxygens (including phenoxy) is 2. The van der Waals surface area contributed by atoms with E-state index in [0.29, 0.717) is 29.9 Å². The Morgan fingerprint density at radius 2 is 1.64 bits per heavy atom. The molecule has 0 spiro atoms. The summed E-state index contributed by atoms with van der Waals surface area (Å²) in [6.07, 6.45) is -0.0617. The fraction of sp³-hybridized carbons (Fsp3) is 0.176. The van der Waals surface area contributed by atoms with Crippen LogP contribution in [0.3, 0.4) is 0 Å². The Labute approximate surface area is 126 Å². The van der Waals surface area contributed by atoms with Crippen LogP contribution in [-0.2, 0) is 9.53 Å². The first-order valence-electron chi connectivity index (χ1n) is 6.87. The normalized spacial score (nSPS) is 17.1. The van der Waals surface area contributed by atoms with Crippen molar-refractivity contribution in [1.29, 1.82) is 0 Å². The summed E-state index contributed by atoms with van der Waals surface area (Å²) in [5.74, 6) is -0.457. The number of esters is 1. The van der Waals surface area contributed by atoms with Gasteiger partial charge in [0.2, 0.25) is 0 Å². The molecule has 0 radical (unpaired) electrons. The summed E-state index contributed by atoms with van der Waals surface area (Å²) < 4.78 is 23.2. The molecule has 1 atom stereocenters. The van der Waals surface area contributed by atoms with Crippen LogP contribution < -0.4 is 4.74 Å². The molecule has 3 rings (SSSR count). The largest absolute Gasteiger partial charge is 0.479 e. The molecule has 0 amide bonds. The lowest BCUT2D eigenvalue weighted by atomic mass is 10.0. The van der Waals surface area contributed by atoms with Gasteiger partial charge in [-0.05, 0) is 48.5 Å². The zero-order valence-electron chi connectivity index (χ0n) is 11.6. The lowest BCUT2D eigenvalue weighted by Crippen LogP contribution is -2.21. The number of hydrogen-bond donors (Lipinski definition) is 0. The maximum Gasteiger partial charge on any atom is 0.347 e. The van der Waals surface area contributed by atoms with Gasteiger partial charge in [-0.3, -0.25) is 4.79 Å². The van der Waals surface area contributed by atoms with E-state index >= 15 is 0 Å². The second-order valence-corrected chi connectivity index (χ2v) is 4.92. The highest BCUT2D eigenvalue weighted by molar-refractivity contribution is 6.09. The van der Waals surface area contributed by atoms with Gasteiger partial charge in [0.05, 0.1) is 6.61 Å². The first-order valence-corrected chi connectivity index (χ1v) is 6.87. The second kappa shape index (κ2) is 5.97. The van der Waals surface area contributed by atoms with E-state index in [1.165, 1.54) is 24.3 Å². The molecule has 22 heavy (non-hydrogen) atoms. The smallest absolute Gasteiger partial charge is 0.347 e. The van der Waals surface area contributed by atoms with Gasteiger partial charge in [-0.25, -0.2) is 9.18 Å². The maximum atomic E-state index is 12.9. The molecular formula is C17H13FO4. The molecule has 2 aromatic rings. The van der Waals surface area contributed by atoms with Gasteiger partial charge in [0.25, 0.3) is 0 Å². The first kappa shape index (κ1) is 14.3. The number of hydrogen-bond acceptors (Lipinski definition) is 4. The van der Waals surface area contributed by atoms with Crippen molar-refractivity contribution in [2.45, 2.75) is 12.5 Å². The third-order valence-corrected chi connectivity index (χ3v) is 3.39. The SMILES string of the molecule is O=C(c1ccc(F)cc1)c1ccc(O[C@H]2CCOC2=O)cc1. The third kappa shape index (κ3) is 2.98. The highest BCUT2D eigenvalue weighted by atomic mass is 19.1. The molecule has 1 fully saturated rings. The van der Waals surface area contributed by atoms with Crippen LogP contribution in [0.25, 0.3) is 0 Å². The van der Waals surface area contributed by atoms with E-state index < -0.39 is 6.10 Å². The van der Waals surface area contributed by atoms with Crippen LogP contribution in [0.15, 0.2) is 48.5 Å². The van der Waals surface area contributed by atoms with Crippen molar-refractivity contribution in [3.63, 3.8) is 0 Å². The van der Waals surface area contributed by atoms with Crippen LogP contribution in [0.1, 0.15) is 22.3 Å². The first-order chi connectivity index (χ1) is 10.6. The molecule has 1 saturated heterocycles. The summed E-state index contributed by atoms with van der Waals surface area (Å²) in [5, 5.41) is 0. The standard InChI is InChI=1S/C17H13FO4/c18-13-5-1-11(2-6-13)16(19)12-3-7-14(8-4-12)22-15-9-10-21-17(15)20/h1-8,15H,9-10H2/t15-/m0/s1. The lowest BCUT2D eigenvalue weighted by molar-refractivity contribution is -0.143. The van der Waals surface area contributed by atoms with E-state index in [-0.39, 0.29) is 17.6 Å². The summed E-state index contributed by atoms with van der Waals surface area (Å²) in [7, 11) is 0. The second-order valence-electron chi connectivity index (χ2n) is 4.92. The highest BCUT2D eigenvalue weighted by Crippen LogP contribution is 2.20. The van der Waals surface area contributed by atoms with Crippen molar-refractivity contribution < 1.29 is 23.5 Å². The van der Waals surface area contributed by atoms with E-state index in [1.54, 1.807) is 24.3 Å². The fourth-order valence-electron chi connectivity index (χ4n) is 2.20. The van der Waals surface area contributed by atoms with Gasteiger partial charge in [0.1, 0.15) is 11.6 Å². The van der Waals surface area contributed by atoms with Crippen molar-refractivity contribution in [2.24, 2.45) is 0 Å². The van der Waals surface area contributed by atoms with Gasteiger partial charge in [-0.1, -0.05) is 0 Å². The quantitative estimate of drug-likeness (QED) is 0.643. The Morgan fingerprint density at radius 3 is 2.18 bits per heavy atom. The number of ketones is 1. The molecule has 0 unspecified atom stereocenters. The minimum atomic E-state index is -0.585. The summed E-state index contributed by atoms with van der Waals surface area (Å²) in [5.41, 5.74) is 0.877. The molecule has 0 saturated carbocycles. The Balaban J connectivity index is 1.72. The van der Waals surface area contributed by atoms with Crippen molar-refractivity contribution in [3.05, 3.63) is 65.5 Å². The van der Waals surface area contributed by atoms with Crippen LogP contribution in [0.5, 0.6) is 5.75 Å². The van der Waals surface area contributed by atoms with Crippen molar-refractivity contribution in [2.75, 3.05) is 6.61 Å². The minimum absolute atomic E-state index is 0.202. The van der Waals surface area contributed by atoms with Gasteiger partial charge in [-0.15, -0.1) is 0 Å². The average molecular weight is 300 g/mol. The van der Waals surface area contributed by atoms with Crippen LogP contribution in [0.2, 0.25) is 0 Å². The van der Waals surface area contributed by atoms with E-state index in [2.05, 4.69) is 0 Å². The number of carbonyl (C=O) groups excluding carboxylic acids is 2. The van der Waals surface area contributed by atoms with Crippen molar-refractivity contribution in [3.8, 4) is 5.75 Å². The monoisotopic (exact) mass is 300 g/mol. The third-order valence-electron chi connectivity index (χ3n) is 3.39. The summed E-state index contributed by atoms with van der Waals surface area (Å²) in [4.78, 5) is 23.6. The van der Waals surface area contributed by atoms with Gasteiger partial charge >= 0.3 is 5.97 Å². The molecule has 2 aromatic carbocycles. The van der Waals surface area contributed by atoms with Crippen molar-refractivity contribution >= 4 is 11.8 Å². The number of halogens is 1. The molecular weight excluding hydrogens is 287 g/mol. The molecule has 0 N–H and O–H groups in total. The molecule has 0 aliphatic carbocycles. The number of cyclic esters (lactones) is 1. The molecule has 112 valence electrons. The predicted molar refractivity (Wildman–Crippen MR) is 76.3 cm³/mol.